The average molecular weight is 264 g/mol. The van der Waals surface area contributed by atoms with Crippen molar-refractivity contribution < 1.29 is 4.79 Å². The summed E-state index contributed by atoms with van der Waals surface area (Å²) in [5.74, 6) is 0.928. The molecule has 0 aromatic carbocycles. The molecular weight excluding hydrogens is 236 g/mol. The molecule has 0 N–H and O–H groups in total. The molecule has 1 saturated carbocycles. The van der Waals surface area contributed by atoms with Gasteiger partial charge in [0.25, 0.3) is 0 Å². The first-order chi connectivity index (χ1) is 9.34. The van der Waals surface area contributed by atoms with Crippen molar-refractivity contribution in [2.75, 3.05) is 32.7 Å². The van der Waals surface area contributed by atoms with E-state index in [4.69, 9.17) is 0 Å². The lowest BCUT2D eigenvalue weighted by Gasteiger charge is -2.39. The molecule has 0 spiro atoms. The largest absolute Gasteiger partial charge is 0.302 e. The molecule has 2 unspecified atom stereocenters. The van der Waals surface area contributed by atoms with Gasteiger partial charge >= 0.3 is 0 Å². The lowest BCUT2D eigenvalue weighted by atomic mass is 9.88. The van der Waals surface area contributed by atoms with Crippen LogP contribution in [-0.4, -0.2) is 54.3 Å². The third kappa shape index (κ3) is 3.19. The topological polar surface area (TPSA) is 23.6 Å². The van der Waals surface area contributed by atoms with Crippen LogP contribution in [0.4, 0.5) is 0 Å². The number of hydrogen-bond acceptors (Lipinski definition) is 3. The van der Waals surface area contributed by atoms with Gasteiger partial charge in [0, 0.05) is 31.5 Å². The average Bonchev–Trinajstić information content (AvgIpc) is 3.08. The minimum atomic E-state index is 0.374. The summed E-state index contributed by atoms with van der Waals surface area (Å²) in [5, 5.41) is 0. The number of hydrogen-bond donors (Lipinski definition) is 0. The standard InChI is InChI=1S/C16H28N2O/c19-16-8-5-6-14(16)15-7-1-2-11-18(15)13-12-17-9-3-4-10-17/h14-15H,1-13H2. The second-order valence-corrected chi connectivity index (χ2v) is 6.61. The van der Waals surface area contributed by atoms with Crippen LogP contribution >= 0.6 is 0 Å². The zero-order valence-electron chi connectivity index (χ0n) is 12.1. The van der Waals surface area contributed by atoms with E-state index in [9.17, 15) is 4.79 Å². The van der Waals surface area contributed by atoms with Gasteiger partial charge < -0.3 is 4.90 Å². The summed E-state index contributed by atoms with van der Waals surface area (Å²) in [5.41, 5.74) is 0. The Balaban J connectivity index is 1.55. The van der Waals surface area contributed by atoms with E-state index < -0.39 is 0 Å². The quantitative estimate of drug-likeness (QED) is 0.778. The van der Waals surface area contributed by atoms with E-state index in [0.29, 0.717) is 17.7 Å². The van der Waals surface area contributed by atoms with E-state index in [1.165, 1.54) is 64.8 Å². The second kappa shape index (κ2) is 6.36. The number of ketones is 1. The van der Waals surface area contributed by atoms with Crippen LogP contribution in [0.5, 0.6) is 0 Å². The summed E-state index contributed by atoms with van der Waals surface area (Å²) in [7, 11) is 0. The number of carbonyl (C=O) groups excluding carboxylic acids is 1. The van der Waals surface area contributed by atoms with Gasteiger partial charge in [-0.2, -0.15) is 0 Å². The molecule has 19 heavy (non-hydrogen) atoms. The number of nitrogens with zero attached hydrogens (tertiary/aromatic N) is 2. The third-order valence-corrected chi connectivity index (χ3v) is 5.38. The van der Waals surface area contributed by atoms with Gasteiger partial charge in [-0.25, -0.2) is 0 Å². The molecule has 3 fully saturated rings. The monoisotopic (exact) mass is 264 g/mol. The fraction of sp³-hybridized carbons (Fsp3) is 0.938. The van der Waals surface area contributed by atoms with Gasteiger partial charge in [-0.05, 0) is 58.2 Å². The Morgan fingerprint density at radius 1 is 0.895 bits per heavy atom. The lowest BCUT2D eigenvalue weighted by molar-refractivity contribution is -0.123. The summed E-state index contributed by atoms with van der Waals surface area (Å²) in [4.78, 5) is 17.3. The van der Waals surface area contributed by atoms with Gasteiger partial charge in [-0.1, -0.05) is 6.42 Å². The molecule has 2 atom stereocenters. The van der Waals surface area contributed by atoms with E-state index in [2.05, 4.69) is 9.80 Å². The van der Waals surface area contributed by atoms with Crippen LogP contribution in [-0.2, 0) is 4.79 Å². The fourth-order valence-corrected chi connectivity index (χ4v) is 4.28. The van der Waals surface area contributed by atoms with E-state index in [-0.39, 0.29) is 0 Å². The maximum atomic E-state index is 12.0. The van der Waals surface area contributed by atoms with E-state index in [1.807, 2.05) is 0 Å². The highest BCUT2D eigenvalue weighted by Gasteiger charge is 2.36. The van der Waals surface area contributed by atoms with Crippen LogP contribution in [0.1, 0.15) is 51.4 Å². The highest BCUT2D eigenvalue weighted by Crippen LogP contribution is 2.32. The van der Waals surface area contributed by atoms with Crippen LogP contribution in [0.25, 0.3) is 0 Å². The highest BCUT2D eigenvalue weighted by atomic mass is 16.1. The van der Waals surface area contributed by atoms with Gasteiger partial charge in [0.15, 0.2) is 0 Å². The molecule has 3 nitrogen and oxygen atoms in total. The summed E-state index contributed by atoms with van der Waals surface area (Å²) in [6.07, 6.45) is 9.82. The van der Waals surface area contributed by atoms with Gasteiger partial charge in [-0.3, -0.25) is 9.69 Å². The van der Waals surface area contributed by atoms with Crippen LogP contribution in [0, 0.1) is 5.92 Å². The van der Waals surface area contributed by atoms with Crippen molar-refractivity contribution in [2.24, 2.45) is 5.92 Å². The second-order valence-electron chi connectivity index (χ2n) is 6.61. The Morgan fingerprint density at radius 2 is 1.68 bits per heavy atom. The van der Waals surface area contributed by atoms with Crippen LogP contribution in [0.2, 0.25) is 0 Å². The predicted molar refractivity (Wildman–Crippen MR) is 77.2 cm³/mol. The summed E-state index contributed by atoms with van der Waals surface area (Å²) < 4.78 is 0. The molecule has 3 aliphatic rings. The fourth-order valence-electron chi connectivity index (χ4n) is 4.28. The van der Waals surface area contributed by atoms with Gasteiger partial charge in [0.05, 0.1) is 0 Å². The van der Waals surface area contributed by atoms with Crippen molar-refractivity contribution in [1.29, 1.82) is 0 Å². The van der Waals surface area contributed by atoms with Crippen molar-refractivity contribution in [3.63, 3.8) is 0 Å². The molecule has 3 heteroatoms. The van der Waals surface area contributed by atoms with Crippen molar-refractivity contribution in [3.05, 3.63) is 0 Å². The summed E-state index contributed by atoms with van der Waals surface area (Å²) in [6, 6.07) is 0.575. The minimum absolute atomic E-state index is 0.374. The minimum Gasteiger partial charge on any atom is -0.302 e. The SMILES string of the molecule is O=C1CCCC1C1CCCCN1CCN1CCCC1. The van der Waals surface area contributed by atoms with Crippen LogP contribution < -0.4 is 0 Å². The highest BCUT2D eigenvalue weighted by molar-refractivity contribution is 5.83. The smallest absolute Gasteiger partial charge is 0.137 e. The van der Waals surface area contributed by atoms with Crippen molar-refractivity contribution in [3.8, 4) is 0 Å². The first-order valence-corrected chi connectivity index (χ1v) is 8.34. The maximum Gasteiger partial charge on any atom is 0.137 e. The van der Waals surface area contributed by atoms with Crippen LogP contribution in [0.15, 0.2) is 0 Å². The molecule has 0 bridgehead atoms. The molecule has 108 valence electrons. The number of likely N-dealkylation sites (tertiary alicyclic amines) is 2. The number of rotatable bonds is 4. The third-order valence-electron chi connectivity index (χ3n) is 5.38. The Hall–Kier alpha value is -0.410. The van der Waals surface area contributed by atoms with Crippen molar-refractivity contribution >= 4 is 5.78 Å². The van der Waals surface area contributed by atoms with Crippen LogP contribution in [0.3, 0.4) is 0 Å². The number of carbonyl (C=O) groups is 1. The molecule has 0 amide bonds. The Bertz CT molecular complexity index is 312. The zero-order valence-corrected chi connectivity index (χ0v) is 12.1. The van der Waals surface area contributed by atoms with Gasteiger partial charge in [0.1, 0.15) is 5.78 Å². The Labute approximate surface area is 117 Å². The molecule has 3 rings (SSSR count). The summed E-state index contributed by atoms with van der Waals surface area (Å²) in [6.45, 7) is 6.22. The molecule has 2 heterocycles. The van der Waals surface area contributed by atoms with Gasteiger partial charge in [0.2, 0.25) is 0 Å². The summed E-state index contributed by atoms with van der Waals surface area (Å²) >= 11 is 0. The molecule has 2 saturated heterocycles. The molecular formula is C16H28N2O. The van der Waals surface area contributed by atoms with Crippen molar-refractivity contribution in [2.45, 2.75) is 57.4 Å². The zero-order chi connectivity index (χ0) is 13.1. The predicted octanol–water partition coefficient (Wildman–Crippen LogP) is 2.31. The Morgan fingerprint density at radius 3 is 2.42 bits per heavy atom. The first kappa shape index (κ1) is 13.6. The van der Waals surface area contributed by atoms with E-state index in [1.54, 1.807) is 0 Å². The molecule has 0 radical (unpaired) electrons. The number of piperidine rings is 1. The van der Waals surface area contributed by atoms with Crippen molar-refractivity contribution in [1.82, 2.24) is 9.80 Å². The Kier molecular flexibility index (Phi) is 4.54. The van der Waals surface area contributed by atoms with E-state index in [0.717, 1.165) is 19.3 Å². The first-order valence-electron chi connectivity index (χ1n) is 8.34. The molecule has 0 aromatic heterocycles. The molecule has 0 aromatic rings. The maximum absolute atomic E-state index is 12.0. The van der Waals surface area contributed by atoms with Gasteiger partial charge in [-0.15, -0.1) is 0 Å². The number of Topliss-reactive ketones (excluding diaryl/α,β-unsaturated/α-hetero) is 1. The molecule has 2 aliphatic heterocycles. The lowest BCUT2D eigenvalue weighted by Crippen LogP contribution is -2.48. The normalized spacial score (nSPS) is 34.2. The van der Waals surface area contributed by atoms with E-state index >= 15 is 0 Å². The molecule has 1 aliphatic carbocycles.